The number of benzene rings is 1. The molecule has 0 aliphatic carbocycles. The van der Waals surface area contributed by atoms with Crippen molar-refractivity contribution in [1.82, 2.24) is 15.5 Å². The highest BCUT2D eigenvalue weighted by atomic mass is 19.1. The van der Waals surface area contributed by atoms with Gasteiger partial charge in [0.25, 0.3) is 0 Å². The van der Waals surface area contributed by atoms with Gasteiger partial charge in [-0.1, -0.05) is 6.07 Å². The molecule has 2 aromatic rings. The molecule has 2 heterocycles. The van der Waals surface area contributed by atoms with Crippen LogP contribution in [0.25, 0.3) is 0 Å². The van der Waals surface area contributed by atoms with E-state index < -0.39 is 0 Å². The summed E-state index contributed by atoms with van der Waals surface area (Å²) in [5.41, 5.74) is 0.910. The third-order valence-electron chi connectivity index (χ3n) is 4.15. The molecule has 1 aliphatic heterocycles. The molecule has 5 nitrogen and oxygen atoms in total. The number of methoxy groups -OCH3 is 1. The first kappa shape index (κ1) is 15.7. The Kier molecular flexibility index (Phi) is 5.02. The molecule has 1 aromatic heterocycles. The second-order valence-corrected chi connectivity index (χ2v) is 5.67. The quantitative estimate of drug-likeness (QED) is 0.887. The lowest BCUT2D eigenvalue weighted by molar-refractivity contribution is 0.386. The van der Waals surface area contributed by atoms with Gasteiger partial charge in [0.15, 0.2) is 17.4 Å². The van der Waals surface area contributed by atoms with Gasteiger partial charge in [-0.05, 0) is 42.7 Å². The van der Waals surface area contributed by atoms with Crippen LogP contribution < -0.4 is 15.0 Å². The Hall–Kier alpha value is -2.21. The van der Waals surface area contributed by atoms with E-state index in [1.807, 2.05) is 18.2 Å². The van der Waals surface area contributed by atoms with Crippen LogP contribution in [0.3, 0.4) is 0 Å². The minimum Gasteiger partial charge on any atom is -0.494 e. The Bertz CT molecular complexity index is 638. The number of nitrogens with one attached hydrogen (secondary N) is 1. The first-order valence-electron chi connectivity index (χ1n) is 7.85. The van der Waals surface area contributed by atoms with Crippen molar-refractivity contribution in [2.24, 2.45) is 0 Å². The highest BCUT2D eigenvalue weighted by Gasteiger charge is 2.25. The standard InChI is InChI=1S/C17H21FN4O/c1-23-16-7-6-13(10-15(16)18)11-19-12-14-4-3-9-22(14)17-5-2-8-20-21-17/h2,5-8,10,14,19H,3-4,9,11-12H2,1H3. The van der Waals surface area contributed by atoms with Crippen LogP contribution >= 0.6 is 0 Å². The molecule has 1 fully saturated rings. The van der Waals surface area contributed by atoms with Crippen LogP contribution in [0.4, 0.5) is 10.2 Å². The molecule has 0 spiro atoms. The average Bonchev–Trinajstić information content (AvgIpc) is 3.04. The maximum absolute atomic E-state index is 13.7. The van der Waals surface area contributed by atoms with Gasteiger partial charge in [-0.3, -0.25) is 0 Å². The zero-order valence-corrected chi connectivity index (χ0v) is 13.2. The first-order valence-corrected chi connectivity index (χ1v) is 7.85. The fourth-order valence-corrected chi connectivity index (χ4v) is 3.00. The molecule has 6 heteroatoms. The van der Waals surface area contributed by atoms with Gasteiger partial charge in [0.05, 0.1) is 7.11 Å². The Morgan fingerprint density at radius 3 is 3.04 bits per heavy atom. The summed E-state index contributed by atoms with van der Waals surface area (Å²) < 4.78 is 18.6. The van der Waals surface area contributed by atoms with E-state index in [1.165, 1.54) is 13.2 Å². The van der Waals surface area contributed by atoms with Crippen molar-refractivity contribution in [2.45, 2.75) is 25.4 Å². The van der Waals surface area contributed by atoms with Crippen LogP contribution in [0.5, 0.6) is 5.75 Å². The van der Waals surface area contributed by atoms with E-state index in [2.05, 4.69) is 20.4 Å². The molecule has 1 atom stereocenters. The average molecular weight is 316 g/mol. The smallest absolute Gasteiger partial charge is 0.165 e. The minimum absolute atomic E-state index is 0.276. The highest BCUT2D eigenvalue weighted by Crippen LogP contribution is 2.22. The summed E-state index contributed by atoms with van der Waals surface area (Å²) in [5, 5.41) is 11.6. The van der Waals surface area contributed by atoms with Crippen LogP contribution in [0.15, 0.2) is 36.5 Å². The zero-order valence-electron chi connectivity index (χ0n) is 13.2. The van der Waals surface area contributed by atoms with Gasteiger partial charge >= 0.3 is 0 Å². The normalized spacial score (nSPS) is 17.5. The van der Waals surface area contributed by atoms with Crippen molar-refractivity contribution in [3.8, 4) is 5.75 Å². The molecule has 0 bridgehead atoms. The number of anilines is 1. The van der Waals surface area contributed by atoms with Crippen LogP contribution in [0.1, 0.15) is 18.4 Å². The summed E-state index contributed by atoms with van der Waals surface area (Å²) in [6, 6.07) is 9.35. The number of hydrogen-bond donors (Lipinski definition) is 1. The maximum atomic E-state index is 13.7. The van der Waals surface area contributed by atoms with Gasteiger partial charge in [-0.25, -0.2) is 4.39 Å². The van der Waals surface area contributed by atoms with Gasteiger partial charge < -0.3 is 15.0 Å². The number of halogens is 1. The van der Waals surface area contributed by atoms with Crippen molar-refractivity contribution in [1.29, 1.82) is 0 Å². The van der Waals surface area contributed by atoms with Gasteiger partial charge in [0, 0.05) is 31.9 Å². The van der Waals surface area contributed by atoms with Crippen LogP contribution in [-0.4, -0.2) is 36.4 Å². The lowest BCUT2D eigenvalue weighted by Crippen LogP contribution is -2.38. The second-order valence-electron chi connectivity index (χ2n) is 5.67. The van der Waals surface area contributed by atoms with E-state index in [-0.39, 0.29) is 11.6 Å². The predicted molar refractivity (Wildman–Crippen MR) is 87.1 cm³/mol. The molecular formula is C17H21FN4O. The lowest BCUT2D eigenvalue weighted by Gasteiger charge is -2.25. The maximum Gasteiger partial charge on any atom is 0.165 e. The first-order chi connectivity index (χ1) is 11.3. The summed E-state index contributed by atoms with van der Waals surface area (Å²) in [7, 11) is 1.47. The summed E-state index contributed by atoms with van der Waals surface area (Å²) in [6.07, 6.45) is 3.96. The predicted octanol–water partition coefficient (Wildman–Crippen LogP) is 2.38. The van der Waals surface area contributed by atoms with E-state index in [9.17, 15) is 4.39 Å². The molecular weight excluding hydrogens is 295 g/mol. The van der Waals surface area contributed by atoms with Crippen molar-refractivity contribution < 1.29 is 9.13 Å². The number of hydrogen-bond acceptors (Lipinski definition) is 5. The van der Waals surface area contributed by atoms with Gasteiger partial charge in [-0.15, -0.1) is 5.10 Å². The molecule has 1 aromatic carbocycles. The summed E-state index contributed by atoms with van der Waals surface area (Å²) in [5.74, 6) is 0.875. The van der Waals surface area contributed by atoms with Crippen LogP contribution in [0, 0.1) is 5.82 Å². The Morgan fingerprint density at radius 1 is 1.39 bits per heavy atom. The Balaban J connectivity index is 1.55. The molecule has 0 radical (unpaired) electrons. The molecule has 1 saturated heterocycles. The van der Waals surface area contributed by atoms with Gasteiger partial charge in [0.1, 0.15) is 0 Å². The number of nitrogens with zero attached hydrogens (tertiary/aromatic N) is 3. The molecule has 1 N–H and O–H groups in total. The number of aromatic nitrogens is 2. The molecule has 0 saturated carbocycles. The fourth-order valence-electron chi connectivity index (χ4n) is 3.00. The monoisotopic (exact) mass is 316 g/mol. The van der Waals surface area contributed by atoms with Crippen molar-refractivity contribution in [3.05, 3.63) is 47.9 Å². The van der Waals surface area contributed by atoms with Crippen molar-refractivity contribution in [3.63, 3.8) is 0 Å². The van der Waals surface area contributed by atoms with Crippen LogP contribution in [-0.2, 0) is 6.54 Å². The highest BCUT2D eigenvalue weighted by molar-refractivity contribution is 5.39. The molecule has 0 amide bonds. The van der Waals surface area contributed by atoms with Crippen molar-refractivity contribution in [2.75, 3.05) is 25.1 Å². The molecule has 1 unspecified atom stereocenters. The van der Waals surface area contributed by atoms with E-state index in [0.717, 1.165) is 37.3 Å². The summed E-state index contributed by atoms with van der Waals surface area (Å²) in [4.78, 5) is 2.29. The third kappa shape index (κ3) is 3.76. The van der Waals surface area contributed by atoms with E-state index >= 15 is 0 Å². The number of rotatable bonds is 6. The van der Waals surface area contributed by atoms with E-state index in [4.69, 9.17) is 4.74 Å². The Labute approximate surface area is 135 Å². The van der Waals surface area contributed by atoms with Gasteiger partial charge in [-0.2, -0.15) is 5.10 Å². The Morgan fingerprint density at radius 2 is 2.30 bits per heavy atom. The number of ether oxygens (including phenoxy) is 1. The SMILES string of the molecule is COc1ccc(CNCC2CCCN2c2cccnn2)cc1F. The van der Waals surface area contributed by atoms with Gasteiger partial charge in [0.2, 0.25) is 0 Å². The third-order valence-corrected chi connectivity index (χ3v) is 4.15. The lowest BCUT2D eigenvalue weighted by atomic mass is 10.2. The summed E-state index contributed by atoms with van der Waals surface area (Å²) in [6.45, 7) is 2.47. The largest absolute Gasteiger partial charge is 0.494 e. The molecule has 3 rings (SSSR count). The van der Waals surface area contributed by atoms with E-state index in [0.29, 0.717) is 12.6 Å². The minimum atomic E-state index is -0.325. The second kappa shape index (κ2) is 7.37. The summed E-state index contributed by atoms with van der Waals surface area (Å²) >= 11 is 0. The molecule has 122 valence electrons. The molecule has 23 heavy (non-hydrogen) atoms. The van der Waals surface area contributed by atoms with Crippen LogP contribution in [0.2, 0.25) is 0 Å². The topological polar surface area (TPSA) is 50.3 Å². The zero-order chi connectivity index (χ0) is 16.1. The van der Waals surface area contributed by atoms with Crippen molar-refractivity contribution >= 4 is 5.82 Å². The molecule has 1 aliphatic rings. The fraction of sp³-hybridized carbons (Fsp3) is 0.412. The van der Waals surface area contributed by atoms with E-state index in [1.54, 1.807) is 12.3 Å².